The van der Waals surface area contributed by atoms with Crippen molar-refractivity contribution in [2.45, 2.75) is 25.8 Å². The molecule has 2 rings (SSSR count). The Kier molecular flexibility index (Phi) is 4.37. The Morgan fingerprint density at radius 1 is 1.17 bits per heavy atom. The Balaban J connectivity index is 1.77. The second kappa shape index (κ2) is 5.82. The monoisotopic (exact) mass is 268 g/mol. The van der Waals surface area contributed by atoms with Crippen LogP contribution < -0.4 is 0 Å². The lowest BCUT2D eigenvalue weighted by molar-refractivity contribution is 0.250. The molecule has 0 radical (unpaired) electrons. The van der Waals surface area contributed by atoms with Crippen molar-refractivity contribution in [3.63, 3.8) is 0 Å². The molecule has 0 fully saturated rings. The van der Waals surface area contributed by atoms with E-state index >= 15 is 0 Å². The van der Waals surface area contributed by atoms with Gasteiger partial charge in [-0.05, 0) is 36.9 Å². The summed E-state index contributed by atoms with van der Waals surface area (Å²) in [5.41, 5.74) is 2.77. The molecule has 1 heterocycles. The van der Waals surface area contributed by atoms with Gasteiger partial charge in [0.25, 0.3) is 0 Å². The minimum atomic E-state index is -4.04. The molecule has 0 amide bonds. The lowest BCUT2D eigenvalue weighted by Gasteiger charge is -2.28. The second-order valence-corrected chi connectivity index (χ2v) is 6.29. The summed E-state index contributed by atoms with van der Waals surface area (Å²) >= 11 is 0. The molecule has 0 saturated heterocycles. The van der Waals surface area contributed by atoms with Gasteiger partial charge in [-0.25, -0.2) is 8.42 Å². The molecule has 0 saturated carbocycles. The average Bonchev–Trinajstić information content (AvgIpc) is 2.33. The molecule has 18 heavy (non-hydrogen) atoms. The van der Waals surface area contributed by atoms with Crippen molar-refractivity contribution >= 4 is 10.1 Å². The van der Waals surface area contributed by atoms with E-state index in [1.165, 1.54) is 11.1 Å². The second-order valence-electron chi connectivity index (χ2n) is 4.76. The highest BCUT2D eigenvalue weighted by Crippen LogP contribution is 2.18. The quantitative estimate of drug-likeness (QED) is 0.598. The predicted octanol–water partition coefficient (Wildman–Crippen LogP) is 1.37. The van der Waals surface area contributed by atoms with E-state index in [0.29, 0.717) is 6.42 Å². The minimum Gasteiger partial charge on any atom is -0.748 e. The van der Waals surface area contributed by atoms with E-state index < -0.39 is 10.1 Å². The number of benzene rings is 1. The van der Waals surface area contributed by atoms with Crippen LogP contribution >= 0.6 is 0 Å². The Morgan fingerprint density at radius 2 is 1.89 bits per heavy atom. The number of fused-ring (bicyclic) bond motifs is 1. The maximum atomic E-state index is 10.5. The molecule has 0 bridgehead atoms. The van der Waals surface area contributed by atoms with E-state index in [2.05, 4.69) is 23.1 Å². The van der Waals surface area contributed by atoms with Crippen LogP contribution in [-0.2, 0) is 23.1 Å². The van der Waals surface area contributed by atoms with Crippen LogP contribution in [0.3, 0.4) is 0 Å². The van der Waals surface area contributed by atoms with Crippen LogP contribution in [-0.4, -0.2) is 36.7 Å². The smallest absolute Gasteiger partial charge is 0.0945 e. The van der Waals surface area contributed by atoms with Crippen LogP contribution in [0.15, 0.2) is 24.3 Å². The van der Waals surface area contributed by atoms with Gasteiger partial charge in [-0.3, -0.25) is 4.90 Å². The zero-order valence-corrected chi connectivity index (χ0v) is 11.2. The highest BCUT2D eigenvalue weighted by atomic mass is 32.2. The van der Waals surface area contributed by atoms with Gasteiger partial charge in [0.1, 0.15) is 0 Å². The van der Waals surface area contributed by atoms with E-state index in [9.17, 15) is 13.0 Å². The van der Waals surface area contributed by atoms with Gasteiger partial charge in [-0.1, -0.05) is 24.3 Å². The Bertz CT molecular complexity index is 499. The van der Waals surface area contributed by atoms with Crippen molar-refractivity contribution in [3.05, 3.63) is 35.4 Å². The van der Waals surface area contributed by atoms with Crippen molar-refractivity contribution in [2.24, 2.45) is 0 Å². The van der Waals surface area contributed by atoms with Crippen LogP contribution in [0.1, 0.15) is 24.0 Å². The molecule has 5 heteroatoms. The standard InChI is InChI=1S/C13H19NO3S/c15-18(16,17)10-4-3-8-14-9-7-12-5-1-2-6-13(12)11-14/h1-2,5-6H,3-4,7-11H2,(H,15,16,17)/p-1. The third kappa shape index (κ3) is 4.08. The van der Waals surface area contributed by atoms with Crippen LogP contribution in [0.25, 0.3) is 0 Å². The molecule has 0 atom stereocenters. The summed E-state index contributed by atoms with van der Waals surface area (Å²) in [6.45, 7) is 2.81. The third-order valence-electron chi connectivity index (χ3n) is 3.33. The Hall–Kier alpha value is -0.910. The van der Waals surface area contributed by atoms with Crippen LogP contribution in [0.2, 0.25) is 0 Å². The predicted molar refractivity (Wildman–Crippen MR) is 69.2 cm³/mol. The largest absolute Gasteiger partial charge is 0.748 e. The zero-order valence-electron chi connectivity index (χ0n) is 10.3. The van der Waals surface area contributed by atoms with Gasteiger partial charge < -0.3 is 4.55 Å². The van der Waals surface area contributed by atoms with Crippen LogP contribution in [0, 0.1) is 0 Å². The summed E-state index contributed by atoms with van der Waals surface area (Å²) < 4.78 is 31.4. The molecule has 4 nitrogen and oxygen atoms in total. The lowest BCUT2D eigenvalue weighted by Crippen LogP contribution is -2.31. The van der Waals surface area contributed by atoms with Crippen molar-refractivity contribution in [1.82, 2.24) is 4.90 Å². The van der Waals surface area contributed by atoms with Gasteiger partial charge in [0.05, 0.1) is 10.1 Å². The number of unbranched alkanes of at least 4 members (excludes halogenated alkanes) is 1. The van der Waals surface area contributed by atoms with Gasteiger partial charge in [0, 0.05) is 18.8 Å². The van der Waals surface area contributed by atoms with E-state index in [1.807, 2.05) is 6.07 Å². The van der Waals surface area contributed by atoms with Crippen molar-refractivity contribution in [1.29, 1.82) is 0 Å². The molecule has 0 spiro atoms. The molecular weight excluding hydrogens is 250 g/mol. The SMILES string of the molecule is O=S(=O)([O-])CCCCN1CCc2ccccc2C1. The molecule has 0 N–H and O–H groups in total. The van der Waals surface area contributed by atoms with Crippen molar-refractivity contribution in [3.8, 4) is 0 Å². The molecule has 1 aromatic rings. The molecule has 100 valence electrons. The van der Waals surface area contributed by atoms with E-state index in [1.54, 1.807) is 0 Å². The normalized spacial score (nSPS) is 16.5. The molecule has 0 aromatic heterocycles. The maximum absolute atomic E-state index is 10.5. The van der Waals surface area contributed by atoms with Crippen molar-refractivity contribution in [2.75, 3.05) is 18.8 Å². The van der Waals surface area contributed by atoms with Gasteiger partial charge >= 0.3 is 0 Å². The first-order valence-corrected chi connectivity index (χ1v) is 7.85. The summed E-state index contributed by atoms with van der Waals surface area (Å²) in [5, 5.41) is 0. The van der Waals surface area contributed by atoms with Gasteiger partial charge in [0.15, 0.2) is 0 Å². The molecule has 1 aliphatic rings. The number of hydrogen-bond donors (Lipinski definition) is 0. The summed E-state index contributed by atoms with van der Waals surface area (Å²) in [5.74, 6) is -0.239. The first-order chi connectivity index (χ1) is 8.54. The minimum absolute atomic E-state index is 0.239. The fourth-order valence-electron chi connectivity index (χ4n) is 2.36. The van der Waals surface area contributed by atoms with Crippen LogP contribution in [0.4, 0.5) is 0 Å². The highest BCUT2D eigenvalue weighted by molar-refractivity contribution is 7.85. The topological polar surface area (TPSA) is 60.4 Å². The number of rotatable bonds is 5. The summed E-state index contributed by atoms with van der Waals surface area (Å²) in [6.07, 6.45) is 2.28. The average molecular weight is 268 g/mol. The molecule has 1 aromatic carbocycles. The summed E-state index contributed by atoms with van der Waals surface area (Å²) in [7, 11) is -4.04. The zero-order chi connectivity index (χ0) is 13.0. The number of hydrogen-bond acceptors (Lipinski definition) is 4. The highest BCUT2D eigenvalue weighted by Gasteiger charge is 2.14. The van der Waals surface area contributed by atoms with Crippen LogP contribution in [0.5, 0.6) is 0 Å². The van der Waals surface area contributed by atoms with Crippen molar-refractivity contribution < 1.29 is 13.0 Å². The third-order valence-corrected chi connectivity index (χ3v) is 4.12. The van der Waals surface area contributed by atoms with E-state index in [-0.39, 0.29) is 5.75 Å². The van der Waals surface area contributed by atoms with E-state index in [4.69, 9.17) is 0 Å². The summed E-state index contributed by atoms with van der Waals surface area (Å²) in [6, 6.07) is 8.42. The Morgan fingerprint density at radius 3 is 2.61 bits per heavy atom. The fourth-order valence-corrected chi connectivity index (χ4v) is 2.92. The number of nitrogens with zero attached hydrogens (tertiary/aromatic N) is 1. The van der Waals surface area contributed by atoms with E-state index in [0.717, 1.165) is 32.5 Å². The Labute approximate surface area is 108 Å². The van der Waals surface area contributed by atoms with Gasteiger partial charge in [-0.2, -0.15) is 0 Å². The first-order valence-electron chi connectivity index (χ1n) is 6.27. The molecule has 1 aliphatic heterocycles. The summed E-state index contributed by atoms with van der Waals surface area (Å²) in [4.78, 5) is 2.32. The fraction of sp³-hybridized carbons (Fsp3) is 0.538. The van der Waals surface area contributed by atoms with Gasteiger partial charge in [-0.15, -0.1) is 0 Å². The molecule has 0 aliphatic carbocycles. The molecule has 0 unspecified atom stereocenters. The lowest BCUT2D eigenvalue weighted by atomic mass is 10.00. The van der Waals surface area contributed by atoms with Gasteiger partial charge in [0.2, 0.25) is 0 Å². The maximum Gasteiger partial charge on any atom is 0.0945 e. The molecular formula is C13H18NO3S-. The first kappa shape index (κ1) is 13.5.